The van der Waals surface area contributed by atoms with Crippen molar-refractivity contribution in [3.05, 3.63) is 53.4 Å². The quantitative estimate of drug-likeness (QED) is 0.620. The van der Waals surface area contributed by atoms with Crippen molar-refractivity contribution in [3.8, 4) is 0 Å². The molecule has 0 aliphatic carbocycles. The molecule has 2 aliphatic heterocycles. The molecule has 3 aromatic rings. The Hall–Kier alpha value is -2.65. The molecular formula is C22H26F2N6O. The summed E-state index contributed by atoms with van der Waals surface area (Å²) < 4.78 is 35.2. The summed E-state index contributed by atoms with van der Waals surface area (Å²) >= 11 is 0. The average molecular weight is 428 g/mol. The molecule has 2 aromatic heterocycles. The van der Waals surface area contributed by atoms with E-state index in [2.05, 4.69) is 20.0 Å². The predicted molar refractivity (Wildman–Crippen MR) is 112 cm³/mol. The van der Waals surface area contributed by atoms with Gasteiger partial charge < -0.3 is 9.64 Å². The van der Waals surface area contributed by atoms with Crippen LogP contribution in [0.15, 0.2) is 30.3 Å². The van der Waals surface area contributed by atoms with Crippen molar-refractivity contribution >= 4 is 11.5 Å². The zero-order chi connectivity index (χ0) is 21.4. The van der Waals surface area contributed by atoms with Gasteiger partial charge in [-0.15, -0.1) is 15.3 Å². The summed E-state index contributed by atoms with van der Waals surface area (Å²) in [5, 5.41) is 13.3. The van der Waals surface area contributed by atoms with Crippen LogP contribution >= 0.6 is 0 Å². The van der Waals surface area contributed by atoms with Crippen LogP contribution in [0.2, 0.25) is 0 Å². The maximum atomic E-state index is 14.4. The van der Waals surface area contributed by atoms with E-state index in [0.717, 1.165) is 69.8 Å². The molecule has 9 heteroatoms. The van der Waals surface area contributed by atoms with Crippen LogP contribution in [0, 0.1) is 11.6 Å². The normalized spacial score (nSPS) is 21.1. The van der Waals surface area contributed by atoms with Gasteiger partial charge in [-0.25, -0.2) is 8.78 Å². The Balaban J connectivity index is 1.31. The fourth-order valence-electron chi connectivity index (χ4n) is 4.66. The van der Waals surface area contributed by atoms with Gasteiger partial charge >= 0.3 is 0 Å². The van der Waals surface area contributed by atoms with Gasteiger partial charge in [0.15, 0.2) is 11.5 Å². The van der Waals surface area contributed by atoms with Gasteiger partial charge in [-0.1, -0.05) is 13.0 Å². The molecule has 0 saturated carbocycles. The second-order valence-electron chi connectivity index (χ2n) is 8.13. The number of fused-ring (bicyclic) bond motifs is 1. The van der Waals surface area contributed by atoms with Gasteiger partial charge in [0.1, 0.15) is 23.6 Å². The number of anilines is 1. The number of nitrogens with zero attached hydrogens (tertiary/aromatic N) is 6. The predicted octanol–water partition coefficient (Wildman–Crippen LogP) is 3.53. The first-order valence-corrected chi connectivity index (χ1v) is 10.9. The van der Waals surface area contributed by atoms with E-state index in [-0.39, 0.29) is 12.1 Å². The molecule has 2 aliphatic rings. The molecular weight excluding hydrogens is 402 g/mol. The minimum atomic E-state index is -0.543. The van der Waals surface area contributed by atoms with Gasteiger partial charge in [0.25, 0.3) is 0 Å². The molecule has 0 spiro atoms. The molecule has 5 rings (SSSR count). The second-order valence-corrected chi connectivity index (χ2v) is 8.13. The summed E-state index contributed by atoms with van der Waals surface area (Å²) in [7, 11) is 0. The molecule has 0 N–H and O–H groups in total. The van der Waals surface area contributed by atoms with Gasteiger partial charge in [-0.05, 0) is 37.5 Å². The molecule has 2 saturated heterocycles. The zero-order valence-corrected chi connectivity index (χ0v) is 17.5. The maximum Gasteiger partial charge on any atom is 0.183 e. The highest BCUT2D eigenvalue weighted by atomic mass is 19.1. The monoisotopic (exact) mass is 428 g/mol. The summed E-state index contributed by atoms with van der Waals surface area (Å²) in [5.74, 6) is 0.604. The zero-order valence-electron chi connectivity index (χ0n) is 17.5. The number of halogens is 2. The van der Waals surface area contributed by atoms with Crippen LogP contribution in [0.25, 0.3) is 5.65 Å². The molecule has 31 heavy (non-hydrogen) atoms. The molecule has 2 atom stereocenters. The van der Waals surface area contributed by atoms with Gasteiger partial charge in [0.05, 0.1) is 0 Å². The van der Waals surface area contributed by atoms with Crippen molar-refractivity contribution in [3.63, 3.8) is 0 Å². The average Bonchev–Trinajstić information content (AvgIpc) is 3.45. The Morgan fingerprint density at radius 3 is 2.65 bits per heavy atom. The van der Waals surface area contributed by atoms with Crippen molar-refractivity contribution in [2.24, 2.45) is 0 Å². The molecule has 4 heterocycles. The second kappa shape index (κ2) is 8.47. The minimum Gasteiger partial charge on any atom is -0.370 e. The van der Waals surface area contributed by atoms with Crippen LogP contribution in [-0.4, -0.2) is 57.5 Å². The van der Waals surface area contributed by atoms with E-state index in [1.807, 2.05) is 19.1 Å². The number of hydrogen-bond acceptors (Lipinski definition) is 6. The first kappa shape index (κ1) is 20.3. The molecule has 0 bridgehead atoms. The number of rotatable bonds is 5. The van der Waals surface area contributed by atoms with Crippen molar-refractivity contribution in [2.45, 2.75) is 38.3 Å². The number of ether oxygens (including phenoxy) is 1. The topological polar surface area (TPSA) is 58.8 Å². The van der Waals surface area contributed by atoms with E-state index in [4.69, 9.17) is 9.84 Å². The summed E-state index contributed by atoms with van der Waals surface area (Å²) in [5.41, 5.74) is 1.27. The third-order valence-corrected chi connectivity index (χ3v) is 6.28. The van der Waals surface area contributed by atoms with E-state index in [0.29, 0.717) is 11.2 Å². The Labute approximate surface area is 179 Å². The third-order valence-electron chi connectivity index (χ3n) is 6.28. The van der Waals surface area contributed by atoms with Gasteiger partial charge in [-0.3, -0.25) is 4.90 Å². The largest absolute Gasteiger partial charge is 0.370 e. The summed E-state index contributed by atoms with van der Waals surface area (Å²) in [4.78, 5) is 4.49. The molecule has 1 aromatic carbocycles. The highest BCUT2D eigenvalue weighted by Gasteiger charge is 2.28. The van der Waals surface area contributed by atoms with Crippen LogP contribution < -0.4 is 4.90 Å². The Morgan fingerprint density at radius 1 is 1.10 bits per heavy atom. The van der Waals surface area contributed by atoms with E-state index >= 15 is 0 Å². The third kappa shape index (κ3) is 3.87. The fourth-order valence-corrected chi connectivity index (χ4v) is 4.66. The lowest BCUT2D eigenvalue weighted by Gasteiger charge is -2.39. The van der Waals surface area contributed by atoms with Crippen LogP contribution in [0.1, 0.15) is 49.7 Å². The maximum absolute atomic E-state index is 14.4. The Kier molecular flexibility index (Phi) is 5.54. The minimum absolute atomic E-state index is 0.0504. The summed E-state index contributed by atoms with van der Waals surface area (Å²) in [6.07, 6.45) is 2.67. The molecule has 0 radical (unpaired) electrons. The summed E-state index contributed by atoms with van der Waals surface area (Å²) in [6, 6.07) is 7.71. The van der Waals surface area contributed by atoms with Crippen molar-refractivity contribution in [1.82, 2.24) is 24.7 Å². The lowest BCUT2D eigenvalue weighted by Crippen LogP contribution is -2.48. The standard InChI is InChI=1S/C22H26F2N6O/c1-2-18(16-6-5-15(23)14-17(16)24)28-9-11-29(12-10-28)21-8-7-20-25-26-22(30(20)27-21)19-4-3-13-31-19/h5-8,14,18-19H,2-4,9-13H2,1H3. The highest BCUT2D eigenvalue weighted by molar-refractivity contribution is 5.46. The first-order chi connectivity index (χ1) is 15.1. The number of aromatic nitrogens is 4. The molecule has 2 unspecified atom stereocenters. The number of piperazine rings is 1. The van der Waals surface area contributed by atoms with Gasteiger partial charge in [0.2, 0.25) is 0 Å². The SMILES string of the molecule is CCC(c1ccc(F)cc1F)N1CCN(c2ccc3nnc(C4CCCO4)n3n2)CC1. The molecule has 7 nitrogen and oxygen atoms in total. The van der Waals surface area contributed by atoms with Gasteiger partial charge in [0, 0.05) is 50.5 Å². The number of benzene rings is 1. The number of hydrogen-bond donors (Lipinski definition) is 0. The van der Waals surface area contributed by atoms with Crippen molar-refractivity contribution in [1.29, 1.82) is 0 Å². The van der Waals surface area contributed by atoms with Crippen LogP contribution in [0.3, 0.4) is 0 Å². The Bertz CT molecular complexity index is 1060. The molecule has 0 amide bonds. The van der Waals surface area contributed by atoms with Gasteiger partial charge in [-0.2, -0.15) is 4.52 Å². The fraction of sp³-hybridized carbons (Fsp3) is 0.500. The van der Waals surface area contributed by atoms with E-state index in [1.54, 1.807) is 10.6 Å². The Morgan fingerprint density at radius 2 is 1.94 bits per heavy atom. The van der Waals surface area contributed by atoms with Crippen LogP contribution in [0.5, 0.6) is 0 Å². The molecule has 2 fully saturated rings. The van der Waals surface area contributed by atoms with Crippen molar-refractivity contribution < 1.29 is 13.5 Å². The van der Waals surface area contributed by atoms with Crippen LogP contribution in [-0.2, 0) is 4.74 Å². The van der Waals surface area contributed by atoms with E-state index < -0.39 is 11.6 Å². The lowest BCUT2D eigenvalue weighted by molar-refractivity contribution is 0.103. The highest BCUT2D eigenvalue weighted by Crippen LogP contribution is 2.30. The smallest absolute Gasteiger partial charge is 0.183 e. The lowest BCUT2D eigenvalue weighted by atomic mass is 10.0. The van der Waals surface area contributed by atoms with Crippen molar-refractivity contribution in [2.75, 3.05) is 37.7 Å². The van der Waals surface area contributed by atoms with E-state index in [1.165, 1.54) is 6.07 Å². The molecule has 164 valence electrons. The van der Waals surface area contributed by atoms with Crippen LogP contribution in [0.4, 0.5) is 14.6 Å². The first-order valence-electron chi connectivity index (χ1n) is 10.9. The van der Waals surface area contributed by atoms with E-state index in [9.17, 15) is 8.78 Å². The summed E-state index contributed by atoms with van der Waals surface area (Å²) in [6.45, 7) is 5.87.